The first kappa shape index (κ1) is 15.9. The van der Waals surface area contributed by atoms with Crippen LogP contribution in [0, 0.1) is 0 Å². The molecule has 1 amide bonds. The predicted octanol–water partition coefficient (Wildman–Crippen LogP) is 2.52. The van der Waals surface area contributed by atoms with Crippen LogP contribution in [0.3, 0.4) is 0 Å². The van der Waals surface area contributed by atoms with E-state index in [9.17, 15) is 4.79 Å². The van der Waals surface area contributed by atoms with Crippen LogP contribution in [0.15, 0.2) is 53.4 Å². The highest BCUT2D eigenvalue weighted by Gasteiger charge is 2.04. The molecule has 3 N–H and O–H groups in total. The first-order valence-corrected chi connectivity index (χ1v) is 8.31. The summed E-state index contributed by atoms with van der Waals surface area (Å²) in [7, 11) is 0. The Morgan fingerprint density at radius 1 is 1.00 bits per heavy atom. The van der Waals surface area contributed by atoms with E-state index in [-0.39, 0.29) is 5.91 Å². The topological polar surface area (TPSA) is 91.8 Å². The van der Waals surface area contributed by atoms with Gasteiger partial charge in [0, 0.05) is 30.2 Å². The third-order valence-corrected chi connectivity index (χ3v) is 3.77. The van der Waals surface area contributed by atoms with Gasteiger partial charge in [0.2, 0.25) is 0 Å². The minimum absolute atomic E-state index is 0.0703. The van der Waals surface area contributed by atoms with Crippen molar-refractivity contribution in [2.75, 3.05) is 23.7 Å². The smallest absolute Gasteiger partial charge is 0.252 e. The summed E-state index contributed by atoms with van der Waals surface area (Å²) in [4.78, 5) is 15.9. The lowest BCUT2D eigenvalue weighted by molar-refractivity contribution is 0.0955. The summed E-state index contributed by atoms with van der Waals surface area (Å²) in [5.74, 6) is 1.90. The average molecular weight is 340 g/mol. The first-order chi connectivity index (χ1) is 11.8. The van der Waals surface area contributed by atoms with Crippen LogP contribution in [-0.2, 0) is 0 Å². The Kier molecular flexibility index (Phi) is 5.31. The van der Waals surface area contributed by atoms with Gasteiger partial charge in [-0.25, -0.2) is 4.98 Å². The van der Waals surface area contributed by atoms with Crippen LogP contribution in [0.2, 0.25) is 0 Å². The lowest BCUT2D eigenvalue weighted by Gasteiger charge is -2.07. The fourth-order valence-corrected chi connectivity index (χ4v) is 2.56. The highest BCUT2D eigenvalue weighted by molar-refractivity contribution is 7.08. The SMILES string of the molecule is O=C(NCCNc1ccc(Nc2ccccn2)nn1)c1ccsc1. The maximum Gasteiger partial charge on any atom is 0.252 e. The maximum absolute atomic E-state index is 11.8. The Labute approximate surface area is 143 Å². The predicted molar refractivity (Wildman–Crippen MR) is 94.7 cm³/mol. The molecule has 0 saturated heterocycles. The van der Waals surface area contributed by atoms with E-state index in [1.807, 2.05) is 41.1 Å². The Bertz CT molecular complexity index is 761. The minimum Gasteiger partial charge on any atom is -0.367 e. The zero-order valence-corrected chi connectivity index (χ0v) is 13.6. The average Bonchev–Trinajstić information content (AvgIpc) is 3.16. The van der Waals surface area contributed by atoms with Gasteiger partial charge < -0.3 is 16.0 Å². The van der Waals surface area contributed by atoms with Crippen LogP contribution in [0.5, 0.6) is 0 Å². The van der Waals surface area contributed by atoms with E-state index in [1.54, 1.807) is 12.3 Å². The quantitative estimate of drug-likeness (QED) is 0.573. The number of nitrogens with one attached hydrogen (secondary N) is 3. The second kappa shape index (κ2) is 8.02. The standard InChI is InChI=1S/C16H16N6OS/c23-16(12-6-10-24-11-12)19-9-8-18-14-4-5-15(22-21-14)20-13-3-1-2-7-17-13/h1-7,10-11H,8-9H2,(H,18,21)(H,19,23)(H,17,20,22). The second-order valence-electron chi connectivity index (χ2n) is 4.84. The molecule has 3 aromatic rings. The number of nitrogens with zero attached hydrogens (tertiary/aromatic N) is 3. The lowest BCUT2D eigenvalue weighted by Crippen LogP contribution is -2.28. The van der Waals surface area contributed by atoms with E-state index < -0.39 is 0 Å². The van der Waals surface area contributed by atoms with E-state index in [0.717, 1.165) is 0 Å². The number of pyridine rings is 1. The summed E-state index contributed by atoms with van der Waals surface area (Å²) in [5, 5.41) is 20.9. The first-order valence-electron chi connectivity index (χ1n) is 7.37. The van der Waals surface area contributed by atoms with Crippen molar-refractivity contribution in [3.8, 4) is 0 Å². The van der Waals surface area contributed by atoms with E-state index in [4.69, 9.17) is 0 Å². The van der Waals surface area contributed by atoms with Crippen molar-refractivity contribution in [1.29, 1.82) is 0 Å². The molecule has 3 aromatic heterocycles. The zero-order valence-electron chi connectivity index (χ0n) is 12.8. The minimum atomic E-state index is -0.0703. The van der Waals surface area contributed by atoms with Crippen LogP contribution in [-0.4, -0.2) is 34.2 Å². The molecule has 0 aliphatic heterocycles. The van der Waals surface area contributed by atoms with Crippen molar-refractivity contribution < 1.29 is 4.79 Å². The fraction of sp³-hybridized carbons (Fsp3) is 0.125. The van der Waals surface area contributed by atoms with Crippen molar-refractivity contribution in [3.05, 3.63) is 58.9 Å². The molecule has 0 unspecified atom stereocenters. The molecule has 122 valence electrons. The van der Waals surface area contributed by atoms with Crippen LogP contribution < -0.4 is 16.0 Å². The van der Waals surface area contributed by atoms with E-state index in [1.165, 1.54) is 11.3 Å². The van der Waals surface area contributed by atoms with Gasteiger partial charge in [-0.15, -0.1) is 10.2 Å². The Hall–Kier alpha value is -3.00. The van der Waals surface area contributed by atoms with Gasteiger partial charge in [-0.1, -0.05) is 6.07 Å². The van der Waals surface area contributed by atoms with Crippen LogP contribution in [0.1, 0.15) is 10.4 Å². The Morgan fingerprint density at radius 3 is 2.58 bits per heavy atom. The molecule has 0 aliphatic carbocycles. The van der Waals surface area contributed by atoms with Gasteiger partial charge in [0.25, 0.3) is 5.91 Å². The van der Waals surface area contributed by atoms with E-state index >= 15 is 0 Å². The molecular formula is C16H16N6OS. The summed E-state index contributed by atoms with van der Waals surface area (Å²) in [6.45, 7) is 1.07. The fourth-order valence-electron chi connectivity index (χ4n) is 1.92. The van der Waals surface area contributed by atoms with Gasteiger partial charge in [-0.3, -0.25) is 4.79 Å². The molecule has 8 heteroatoms. The highest BCUT2D eigenvalue weighted by Crippen LogP contribution is 2.11. The third-order valence-electron chi connectivity index (χ3n) is 3.09. The molecule has 0 spiro atoms. The summed E-state index contributed by atoms with van der Waals surface area (Å²) in [6.07, 6.45) is 1.70. The van der Waals surface area contributed by atoms with Crippen molar-refractivity contribution in [2.45, 2.75) is 0 Å². The number of amides is 1. The molecule has 7 nitrogen and oxygen atoms in total. The second-order valence-corrected chi connectivity index (χ2v) is 5.62. The highest BCUT2D eigenvalue weighted by atomic mass is 32.1. The van der Waals surface area contributed by atoms with Gasteiger partial charge >= 0.3 is 0 Å². The van der Waals surface area contributed by atoms with Crippen LogP contribution in [0.4, 0.5) is 17.5 Å². The number of anilines is 3. The molecule has 24 heavy (non-hydrogen) atoms. The van der Waals surface area contributed by atoms with E-state index in [0.29, 0.717) is 36.1 Å². The largest absolute Gasteiger partial charge is 0.367 e. The van der Waals surface area contributed by atoms with Crippen LogP contribution >= 0.6 is 11.3 Å². The van der Waals surface area contributed by atoms with Gasteiger partial charge in [-0.05, 0) is 35.7 Å². The van der Waals surface area contributed by atoms with Crippen molar-refractivity contribution >= 4 is 34.7 Å². The third kappa shape index (κ3) is 4.50. The molecule has 0 bridgehead atoms. The molecule has 0 fully saturated rings. The summed E-state index contributed by atoms with van der Waals surface area (Å²) in [6, 6.07) is 11.0. The summed E-state index contributed by atoms with van der Waals surface area (Å²) in [5.41, 5.74) is 0.685. The molecule has 0 saturated carbocycles. The molecule has 0 aromatic carbocycles. The van der Waals surface area contributed by atoms with Gasteiger partial charge in [0.05, 0.1) is 0 Å². The molecular weight excluding hydrogens is 324 g/mol. The van der Waals surface area contributed by atoms with Crippen molar-refractivity contribution in [3.63, 3.8) is 0 Å². The normalized spacial score (nSPS) is 10.2. The number of rotatable bonds is 7. The maximum atomic E-state index is 11.8. The Balaban J connectivity index is 1.42. The van der Waals surface area contributed by atoms with Crippen LogP contribution in [0.25, 0.3) is 0 Å². The van der Waals surface area contributed by atoms with Crippen molar-refractivity contribution in [2.24, 2.45) is 0 Å². The van der Waals surface area contributed by atoms with Gasteiger partial charge in [0.15, 0.2) is 5.82 Å². The number of aromatic nitrogens is 3. The molecule has 0 radical (unpaired) electrons. The molecule has 0 atom stereocenters. The van der Waals surface area contributed by atoms with Gasteiger partial charge in [0.1, 0.15) is 11.6 Å². The summed E-state index contributed by atoms with van der Waals surface area (Å²) >= 11 is 1.50. The number of carbonyl (C=O) groups is 1. The molecule has 3 rings (SSSR count). The van der Waals surface area contributed by atoms with E-state index in [2.05, 4.69) is 31.1 Å². The monoisotopic (exact) mass is 340 g/mol. The zero-order chi connectivity index (χ0) is 16.6. The number of thiophene rings is 1. The molecule has 0 aliphatic rings. The number of hydrogen-bond acceptors (Lipinski definition) is 7. The number of hydrogen-bond donors (Lipinski definition) is 3. The number of carbonyl (C=O) groups excluding carboxylic acids is 1. The Morgan fingerprint density at radius 2 is 1.88 bits per heavy atom. The molecule has 3 heterocycles. The van der Waals surface area contributed by atoms with Gasteiger partial charge in [-0.2, -0.15) is 11.3 Å². The lowest BCUT2D eigenvalue weighted by atomic mass is 10.3. The van der Waals surface area contributed by atoms with Crippen molar-refractivity contribution in [1.82, 2.24) is 20.5 Å². The summed E-state index contributed by atoms with van der Waals surface area (Å²) < 4.78 is 0.